The average Bonchev–Trinajstić information content (AvgIpc) is 0.840. The number of amides is 3. The van der Waals surface area contributed by atoms with Crippen molar-refractivity contribution in [3.63, 3.8) is 0 Å². The molecule has 6 saturated heterocycles. The minimum atomic E-state index is -3.55. The molecular formula is C95H135Cl2N19O11S. The number of esters is 2. The molecule has 0 saturated carbocycles. The van der Waals surface area contributed by atoms with Crippen LogP contribution in [0.1, 0.15) is 221 Å². The summed E-state index contributed by atoms with van der Waals surface area (Å²) >= 11 is 5.97. The molecule has 6 aliphatic rings. The van der Waals surface area contributed by atoms with Crippen LogP contribution >= 0.6 is 22.3 Å². The largest absolute Gasteiger partial charge is 0.464 e. The van der Waals surface area contributed by atoms with Gasteiger partial charge in [-0.15, -0.1) is 5.10 Å². The van der Waals surface area contributed by atoms with Crippen molar-refractivity contribution in [2.45, 2.75) is 236 Å². The Morgan fingerprint density at radius 3 is 1.10 bits per heavy atom. The molecule has 0 unspecified atom stereocenters. The molecule has 6 fully saturated rings. The van der Waals surface area contributed by atoms with E-state index in [9.17, 15) is 32.4 Å². The van der Waals surface area contributed by atoms with Gasteiger partial charge in [0.1, 0.15) is 23.1 Å². The van der Waals surface area contributed by atoms with Crippen molar-refractivity contribution in [3.05, 3.63) is 183 Å². The van der Waals surface area contributed by atoms with Crippen molar-refractivity contribution in [2.24, 2.45) is 4.99 Å². The highest BCUT2D eigenvalue weighted by Gasteiger charge is 2.42. The molecule has 1 N–H and O–H groups in total. The quantitative estimate of drug-likeness (QED) is 0.0340. The van der Waals surface area contributed by atoms with Crippen LogP contribution in [0.4, 0.5) is 23.5 Å². The van der Waals surface area contributed by atoms with E-state index in [2.05, 4.69) is 111 Å². The zero-order valence-corrected chi connectivity index (χ0v) is 77.5. The Bertz CT molecular complexity index is 4900. The number of carbonyl (C=O) groups is 5. The van der Waals surface area contributed by atoms with Crippen LogP contribution in [0.2, 0.25) is 5.02 Å². The van der Waals surface area contributed by atoms with Gasteiger partial charge in [-0.25, -0.2) is 57.7 Å². The molecule has 8 aromatic rings. The number of nitrogens with zero attached hydrogens (tertiary/aromatic N) is 18. The number of likely N-dealkylation sites (tertiary alicyclic amines) is 3. The van der Waals surface area contributed by atoms with Crippen LogP contribution < -0.4 is 20.0 Å². The number of hydrogen-bond donors (Lipinski definition) is 1. The van der Waals surface area contributed by atoms with E-state index in [1.807, 2.05) is 112 Å². The summed E-state index contributed by atoms with van der Waals surface area (Å²) in [5.74, 6) is 2.36. The number of aryl methyl sites for hydroxylation is 6. The van der Waals surface area contributed by atoms with Crippen molar-refractivity contribution >= 4 is 90.5 Å². The van der Waals surface area contributed by atoms with Crippen molar-refractivity contribution in [1.29, 1.82) is 0 Å². The van der Waals surface area contributed by atoms with Crippen LogP contribution in [0, 0.1) is 41.5 Å². The van der Waals surface area contributed by atoms with E-state index < -0.39 is 21.0 Å². The summed E-state index contributed by atoms with van der Waals surface area (Å²) < 4.78 is 36.6. The molecular weight excluding hydrogens is 1690 g/mol. The predicted octanol–water partition coefficient (Wildman–Crippen LogP) is 15.6. The van der Waals surface area contributed by atoms with Gasteiger partial charge in [-0.05, 0) is 195 Å². The van der Waals surface area contributed by atoms with Gasteiger partial charge >= 0.3 is 18.0 Å². The van der Waals surface area contributed by atoms with Crippen molar-refractivity contribution in [1.82, 2.24) is 69.5 Å². The Kier molecular flexibility index (Phi) is 40.4. The van der Waals surface area contributed by atoms with Gasteiger partial charge in [0.05, 0.1) is 54.8 Å². The molecule has 33 heteroatoms. The van der Waals surface area contributed by atoms with Gasteiger partial charge < -0.3 is 48.6 Å². The smallest absolute Gasteiger partial charge is 0.358 e. The third kappa shape index (κ3) is 27.1. The number of halogens is 2. The molecule has 0 aliphatic carbocycles. The van der Waals surface area contributed by atoms with Crippen LogP contribution in [0.15, 0.2) is 130 Å². The Morgan fingerprint density at radius 1 is 0.484 bits per heavy atom. The fourth-order valence-electron chi connectivity index (χ4n) is 17.3. The number of methoxy groups -OCH3 is 2. The summed E-state index contributed by atoms with van der Waals surface area (Å²) in [6, 6.07) is 33.1. The van der Waals surface area contributed by atoms with Crippen molar-refractivity contribution in [2.75, 3.05) is 126 Å². The van der Waals surface area contributed by atoms with Crippen LogP contribution in [0.5, 0.6) is 0 Å². The first-order valence-corrected chi connectivity index (χ1v) is 46.3. The summed E-state index contributed by atoms with van der Waals surface area (Å²) in [7, 11) is 4.23. The number of rotatable bonds is 19. The van der Waals surface area contributed by atoms with Crippen LogP contribution in [-0.4, -0.2) is 274 Å². The molecule has 4 aromatic carbocycles. The van der Waals surface area contributed by atoms with Crippen LogP contribution in [0.25, 0.3) is 11.6 Å². The molecule has 10 heterocycles. The maximum atomic E-state index is 13.0. The second kappa shape index (κ2) is 49.4. The number of carbonyl (C=O) groups excluding carboxylic acids is 6. The number of hydrogen-bond acceptors (Lipinski definition) is 27. The summed E-state index contributed by atoms with van der Waals surface area (Å²) in [6.45, 7) is 40.4. The minimum Gasteiger partial charge on any atom is -0.464 e. The highest BCUT2D eigenvalue weighted by Crippen LogP contribution is 2.35. The number of isocyanates is 1. The van der Waals surface area contributed by atoms with Gasteiger partial charge in [-0.1, -0.05) is 113 Å². The number of aromatic nitrogens is 8. The van der Waals surface area contributed by atoms with Crippen LogP contribution in [-0.2, 0) is 23.3 Å². The molecule has 0 spiro atoms. The monoisotopic (exact) mass is 1820 g/mol. The molecule has 128 heavy (non-hydrogen) atoms. The Hall–Kier alpha value is -10.4. The molecule has 0 radical (unpaired) electrons. The second-order valence-corrected chi connectivity index (χ2v) is 35.8. The second-order valence-electron chi connectivity index (χ2n) is 32.8. The Labute approximate surface area is 767 Å². The molecule has 696 valence electrons. The molecule has 30 nitrogen and oxygen atoms in total. The van der Waals surface area contributed by atoms with E-state index in [0.29, 0.717) is 83.6 Å². The summed E-state index contributed by atoms with van der Waals surface area (Å²) in [4.78, 5) is 124. The fraction of sp³-hybridized carbons (Fsp3) is 0.537. The lowest BCUT2D eigenvalue weighted by molar-refractivity contribution is 0.0430. The van der Waals surface area contributed by atoms with Gasteiger partial charge in [0, 0.05) is 178 Å². The molecule has 0 bridgehead atoms. The Morgan fingerprint density at radius 2 is 0.812 bits per heavy atom. The van der Waals surface area contributed by atoms with Crippen molar-refractivity contribution in [3.8, 4) is 11.6 Å². The van der Waals surface area contributed by atoms with E-state index in [1.165, 1.54) is 56.0 Å². The number of nitrogens with one attached hydrogen (secondary N) is 1. The van der Waals surface area contributed by atoms with Gasteiger partial charge in [0.2, 0.25) is 6.08 Å². The standard InChI is InChI=1S/C29H40N8O2.C27H37N5O3.C26H34ClN5O3.C7H7ClO2S.C3H5NO.3CH4/c1-6-23-18-36(26-21(5)32-25(16-31-26)27-33-34-29(39-27)30-7-2)20(4)17-37(23)24-12-14-35(15-13-24)28(38)22-10-8-19(3)9-11-22;1-6-22-17-31(25-20(4)29-24(15-28-25)27(34)35-5)19(3)16-32(22)23-11-13-30(14-12-23)26(33)21-9-7-18(2)8-10-21;1-5-21-16-31(24-18(3)29-23(14-28-24)26(34)35-4)17(2)15-32(21)22-10-12-30(13-11-22)25(33)19-6-8-20(27)9-7-19;1-6-2-4-7(5-3-6)11(8,9)10;1-2-4-3-5;;;/h8-11,16,20,23-24H,6-7,12-15,17-18H2,1-5H3,(H,30,34);7-10,15,19,22-23H,6,11-14,16-17H2,1-5H3;6-9,14,17,21-22H,5,10-13,15-16H2,1-4H3;2-5H,1H3;2H2,1H3;3*1H4/t20-,23+;19-,22+;17-,21+;;;;;/m111...../s1. The lowest BCUT2D eigenvalue weighted by atomic mass is 9.95. The summed E-state index contributed by atoms with van der Waals surface area (Å²) in [6.07, 6.45) is 15.2. The third-order valence-electron chi connectivity index (χ3n) is 24.3. The fourth-order valence-corrected chi connectivity index (χ4v) is 18.2. The third-order valence-corrected chi connectivity index (χ3v) is 25.9. The minimum absolute atomic E-state index is 0. The van der Waals surface area contributed by atoms with E-state index in [-0.39, 0.29) is 68.4 Å². The van der Waals surface area contributed by atoms with Crippen molar-refractivity contribution < 1.29 is 51.1 Å². The SMILES string of the molecule is C.C.C.CCN=C=O.CCNc1nnc(-c2cnc(N3C[C@H](CC)N(C4CCN(C(=O)c5ccc(C)cc5)CC4)C[C@H]3C)c(C)n2)o1.CC[C@H]1CN(c2ncc(C(=O)OC)nc2C)[C@H](C)CN1C1CCN(C(=O)c2ccc(C)cc2)CC1.CC[C@H]1CN(c2ncc(C(=O)OC)nc2C)[C@H](C)CN1C1CCN(C(=O)c2ccc(Cl)cc2)CC1.Cc1ccc(S(=O)(=O)Cl)cc1. The molecule has 4 aromatic heterocycles. The predicted molar refractivity (Wildman–Crippen MR) is 507 cm³/mol. The highest BCUT2D eigenvalue weighted by molar-refractivity contribution is 8.13. The molecule has 6 atom stereocenters. The van der Waals surface area contributed by atoms with E-state index in [0.717, 1.165) is 188 Å². The number of ether oxygens (including phenoxy) is 2. The lowest BCUT2D eigenvalue weighted by Crippen LogP contribution is -2.62. The number of piperazine rings is 3. The Balaban J connectivity index is 0.000000239. The van der Waals surface area contributed by atoms with E-state index >= 15 is 0 Å². The topological polar surface area (TPSA) is 325 Å². The van der Waals surface area contributed by atoms with Gasteiger partial charge in [0.15, 0.2) is 11.4 Å². The number of benzene rings is 4. The highest BCUT2D eigenvalue weighted by atomic mass is 35.7. The zero-order chi connectivity index (χ0) is 90.3. The molecule has 14 rings (SSSR count). The number of piperidine rings is 3. The zero-order valence-electron chi connectivity index (χ0n) is 75.1. The van der Waals surface area contributed by atoms with E-state index in [1.54, 1.807) is 49.5 Å². The normalized spacial score (nSPS) is 19.5. The molecule has 6 aliphatic heterocycles. The number of aliphatic imine (C=N–C) groups is 1. The van der Waals surface area contributed by atoms with Gasteiger partial charge in [-0.2, -0.15) is 0 Å². The lowest BCUT2D eigenvalue weighted by Gasteiger charge is -2.50. The van der Waals surface area contributed by atoms with Gasteiger partial charge in [-0.3, -0.25) is 29.1 Å². The maximum absolute atomic E-state index is 13.0. The van der Waals surface area contributed by atoms with Gasteiger partial charge in [0.25, 0.3) is 32.7 Å². The summed E-state index contributed by atoms with van der Waals surface area (Å²) in [5.41, 5.74) is 8.97. The first-order valence-electron chi connectivity index (χ1n) is 43.6. The number of anilines is 4. The molecule has 3 amide bonds. The maximum Gasteiger partial charge on any atom is 0.358 e. The first-order chi connectivity index (χ1) is 59.9. The average molecular weight is 1820 g/mol. The van der Waals surface area contributed by atoms with E-state index in [4.69, 9.17) is 50.9 Å². The first kappa shape index (κ1) is 105. The summed E-state index contributed by atoms with van der Waals surface area (Å²) in [5, 5.41) is 11.8. The van der Waals surface area contributed by atoms with Crippen LogP contribution in [0.3, 0.4) is 0 Å².